The van der Waals surface area contributed by atoms with Crippen LogP contribution in [0.3, 0.4) is 0 Å². The van der Waals surface area contributed by atoms with Crippen LogP contribution in [0.2, 0.25) is 0 Å². The number of nitriles is 1. The number of aromatic nitrogens is 1. The van der Waals surface area contributed by atoms with Gasteiger partial charge < -0.3 is 9.84 Å². The van der Waals surface area contributed by atoms with E-state index in [-0.39, 0.29) is 29.2 Å². The Labute approximate surface area is 161 Å². The molecule has 1 fully saturated rings. The third-order valence-electron chi connectivity index (χ3n) is 4.78. The van der Waals surface area contributed by atoms with Crippen LogP contribution < -0.4 is 5.56 Å². The van der Waals surface area contributed by atoms with E-state index in [1.54, 1.807) is 19.1 Å². The van der Waals surface area contributed by atoms with Crippen molar-refractivity contribution in [1.82, 2.24) is 9.47 Å². The number of benzene rings is 1. The second-order valence-electron chi connectivity index (χ2n) is 6.47. The first-order valence-corrected chi connectivity index (χ1v) is 8.98. The van der Waals surface area contributed by atoms with Crippen molar-refractivity contribution in [2.24, 2.45) is 4.99 Å². The molecule has 2 aromatic rings. The second-order valence-corrected chi connectivity index (χ2v) is 6.47. The minimum atomic E-state index is -0.547. The van der Waals surface area contributed by atoms with E-state index >= 15 is 0 Å². The summed E-state index contributed by atoms with van der Waals surface area (Å²) in [6.07, 6.45) is 1.29. The number of aromatic hydroxyl groups is 1. The molecule has 1 aromatic heterocycles. The van der Waals surface area contributed by atoms with Crippen molar-refractivity contribution in [1.29, 1.82) is 5.26 Å². The first-order valence-electron chi connectivity index (χ1n) is 8.98. The number of para-hydroxylation sites is 1. The molecule has 0 saturated carbocycles. The van der Waals surface area contributed by atoms with Crippen molar-refractivity contribution >= 4 is 11.9 Å². The average Bonchev–Trinajstić information content (AvgIpc) is 2.70. The fraction of sp³-hybridized carbons (Fsp3) is 0.350. The molecule has 0 bridgehead atoms. The van der Waals surface area contributed by atoms with E-state index in [2.05, 4.69) is 9.89 Å². The van der Waals surface area contributed by atoms with Crippen LogP contribution in [-0.2, 0) is 11.3 Å². The molecule has 7 nitrogen and oxygen atoms in total. The van der Waals surface area contributed by atoms with Gasteiger partial charge in [-0.05, 0) is 24.6 Å². The summed E-state index contributed by atoms with van der Waals surface area (Å²) in [5, 5.41) is 20.1. The zero-order valence-electron chi connectivity index (χ0n) is 15.6. The number of pyridine rings is 1. The maximum Gasteiger partial charge on any atom is 0.271 e. The van der Waals surface area contributed by atoms with E-state index in [1.165, 1.54) is 22.9 Å². The quantitative estimate of drug-likeness (QED) is 0.796. The van der Waals surface area contributed by atoms with Crippen LogP contribution in [0.1, 0.15) is 16.7 Å². The second kappa shape index (κ2) is 8.78. The molecule has 3 rings (SSSR count). The molecule has 1 saturated heterocycles. The number of ether oxygens (including phenoxy) is 1. The van der Waals surface area contributed by atoms with Gasteiger partial charge in [-0.25, -0.2) is 4.39 Å². The molecule has 0 atom stereocenters. The number of halogens is 1. The lowest BCUT2D eigenvalue weighted by molar-refractivity contribution is 0.0360. The molecule has 0 spiro atoms. The van der Waals surface area contributed by atoms with Gasteiger partial charge in [-0.15, -0.1) is 0 Å². The summed E-state index contributed by atoms with van der Waals surface area (Å²) in [5.74, 6) is -0.785. The lowest BCUT2D eigenvalue weighted by Gasteiger charge is -2.27. The molecule has 0 unspecified atom stereocenters. The lowest BCUT2D eigenvalue weighted by Crippen LogP contribution is -2.39. The van der Waals surface area contributed by atoms with Gasteiger partial charge in [0, 0.05) is 32.4 Å². The van der Waals surface area contributed by atoms with Gasteiger partial charge in [0.05, 0.1) is 24.5 Å². The summed E-state index contributed by atoms with van der Waals surface area (Å²) >= 11 is 0. The zero-order valence-corrected chi connectivity index (χ0v) is 15.6. The van der Waals surface area contributed by atoms with E-state index in [0.29, 0.717) is 25.3 Å². The Hall–Kier alpha value is -3.02. The molecule has 0 amide bonds. The van der Waals surface area contributed by atoms with Gasteiger partial charge in [0.25, 0.3) is 5.56 Å². The van der Waals surface area contributed by atoms with E-state index < -0.39 is 11.4 Å². The highest BCUT2D eigenvalue weighted by Crippen LogP contribution is 2.22. The monoisotopic (exact) mass is 384 g/mol. The van der Waals surface area contributed by atoms with Crippen molar-refractivity contribution in [3.8, 4) is 11.9 Å². The Morgan fingerprint density at radius 2 is 2.04 bits per heavy atom. The smallest absolute Gasteiger partial charge is 0.271 e. The first-order chi connectivity index (χ1) is 13.5. The van der Waals surface area contributed by atoms with Crippen LogP contribution in [-0.4, -0.2) is 53.6 Å². The predicted octanol–water partition coefficient (Wildman–Crippen LogP) is 1.96. The van der Waals surface area contributed by atoms with Gasteiger partial charge in [0.2, 0.25) is 5.88 Å². The van der Waals surface area contributed by atoms with Gasteiger partial charge in [-0.2, -0.15) is 5.26 Å². The summed E-state index contributed by atoms with van der Waals surface area (Å²) in [4.78, 5) is 18.8. The number of rotatable bonds is 5. The molecule has 1 aromatic carbocycles. The summed E-state index contributed by atoms with van der Waals surface area (Å²) in [6, 6.07) is 7.88. The van der Waals surface area contributed by atoms with E-state index in [9.17, 15) is 19.6 Å². The molecule has 146 valence electrons. The molecule has 1 N–H and O–H groups in total. The van der Waals surface area contributed by atoms with Crippen LogP contribution in [0, 0.1) is 24.1 Å². The summed E-state index contributed by atoms with van der Waals surface area (Å²) in [7, 11) is 0. The van der Waals surface area contributed by atoms with Gasteiger partial charge in [-0.3, -0.25) is 19.3 Å². The standard InChI is InChI=1S/C20H21FN4O3/c1-14-15(12-22)19(26)25(7-6-24-8-10-28-11-9-24)20(27)16(14)13-23-18-5-3-2-4-17(18)21/h2-5,13,27H,6-11H2,1H3. The number of hydrogen-bond donors (Lipinski definition) is 1. The van der Waals surface area contributed by atoms with Crippen molar-refractivity contribution in [2.75, 3.05) is 32.8 Å². The molecule has 0 radical (unpaired) electrons. The van der Waals surface area contributed by atoms with Gasteiger partial charge in [-0.1, -0.05) is 12.1 Å². The highest BCUT2D eigenvalue weighted by molar-refractivity contribution is 5.87. The molecule has 8 heteroatoms. The molecule has 28 heavy (non-hydrogen) atoms. The van der Waals surface area contributed by atoms with Gasteiger partial charge in [0.1, 0.15) is 17.4 Å². The largest absolute Gasteiger partial charge is 0.494 e. The summed E-state index contributed by atoms with van der Waals surface area (Å²) < 4.78 is 20.3. The van der Waals surface area contributed by atoms with Crippen molar-refractivity contribution in [2.45, 2.75) is 13.5 Å². The Kier molecular flexibility index (Phi) is 6.19. The van der Waals surface area contributed by atoms with E-state index in [4.69, 9.17) is 4.74 Å². The molecular formula is C20H21FN4O3. The van der Waals surface area contributed by atoms with Crippen molar-refractivity contribution in [3.05, 3.63) is 57.1 Å². The van der Waals surface area contributed by atoms with Crippen molar-refractivity contribution < 1.29 is 14.2 Å². The molecule has 2 heterocycles. The van der Waals surface area contributed by atoms with Gasteiger partial charge in [0.15, 0.2) is 0 Å². The third-order valence-corrected chi connectivity index (χ3v) is 4.78. The van der Waals surface area contributed by atoms with Crippen LogP contribution >= 0.6 is 0 Å². The Balaban J connectivity index is 1.96. The minimum absolute atomic E-state index is 0.0604. The van der Waals surface area contributed by atoms with Crippen molar-refractivity contribution in [3.63, 3.8) is 0 Å². The van der Waals surface area contributed by atoms with E-state index in [1.807, 2.05) is 6.07 Å². The van der Waals surface area contributed by atoms with Crippen LogP contribution in [0.25, 0.3) is 0 Å². The molecule has 1 aliphatic rings. The number of hydrogen-bond acceptors (Lipinski definition) is 6. The maximum atomic E-state index is 13.8. The maximum absolute atomic E-state index is 13.8. The highest BCUT2D eigenvalue weighted by Gasteiger charge is 2.19. The molecule has 1 aliphatic heterocycles. The van der Waals surface area contributed by atoms with Crippen LogP contribution in [0.5, 0.6) is 5.88 Å². The number of aliphatic imine (C=N–C) groups is 1. The third kappa shape index (κ3) is 4.11. The lowest BCUT2D eigenvalue weighted by atomic mass is 10.1. The Morgan fingerprint density at radius 1 is 1.32 bits per heavy atom. The topological polar surface area (TPSA) is 90.8 Å². The Bertz CT molecular complexity index is 988. The zero-order chi connectivity index (χ0) is 20.1. The Morgan fingerprint density at radius 3 is 2.71 bits per heavy atom. The van der Waals surface area contributed by atoms with Gasteiger partial charge >= 0.3 is 0 Å². The fourth-order valence-corrected chi connectivity index (χ4v) is 3.09. The van der Waals surface area contributed by atoms with E-state index in [0.717, 1.165) is 13.1 Å². The first kappa shape index (κ1) is 19.7. The molecule has 0 aliphatic carbocycles. The number of morpholine rings is 1. The SMILES string of the molecule is Cc1c(C=Nc2ccccc2F)c(O)n(CCN2CCOCC2)c(=O)c1C#N. The summed E-state index contributed by atoms with van der Waals surface area (Å²) in [6.45, 7) is 5.06. The molecular weight excluding hydrogens is 363 g/mol. The van der Waals surface area contributed by atoms with Crippen LogP contribution in [0.4, 0.5) is 10.1 Å². The fourth-order valence-electron chi connectivity index (χ4n) is 3.09. The van der Waals surface area contributed by atoms with Crippen LogP contribution in [0.15, 0.2) is 34.1 Å². The predicted molar refractivity (Wildman–Crippen MR) is 103 cm³/mol. The number of nitrogens with zero attached hydrogens (tertiary/aromatic N) is 4. The summed E-state index contributed by atoms with van der Waals surface area (Å²) in [5.41, 5.74) is 0.0310. The normalized spacial score (nSPS) is 15.0. The highest BCUT2D eigenvalue weighted by atomic mass is 19.1. The minimum Gasteiger partial charge on any atom is -0.494 e. The average molecular weight is 384 g/mol.